The molecule has 0 heterocycles. The van der Waals surface area contributed by atoms with Gasteiger partial charge in [-0.2, -0.15) is 0 Å². The molecule has 0 aliphatic heterocycles. The van der Waals surface area contributed by atoms with Crippen LogP contribution in [0.4, 0.5) is 0 Å². The molecule has 1 unspecified atom stereocenters. The fourth-order valence-electron chi connectivity index (χ4n) is 1.17. The van der Waals surface area contributed by atoms with E-state index >= 15 is 0 Å². The van der Waals surface area contributed by atoms with Crippen molar-refractivity contribution >= 4 is 0 Å². The Bertz CT molecular complexity index is 97.0. The molecule has 0 aliphatic carbocycles. The fourth-order valence-corrected chi connectivity index (χ4v) is 1.17. The van der Waals surface area contributed by atoms with Crippen LogP contribution in [-0.4, -0.2) is 6.54 Å². The molecule has 0 fully saturated rings. The van der Waals surface area contributed by atoms with Crippen molar-refractivity contribution < 1.29 is 0 Å². The van der Waals surface area contributed by atoms with Crippen molar-refractivity contribution in [1.29, 1.82) is 0 Å². The molecule has 0 aliphatic rings. The first-order valence-corrected chi connectivity index (χ1v) is 4.71. The highest BCUT2D eigenvalue weighted by atomic mass is 14.5. The van der Waals surface area contributed by atoms with Gasteiger partial charge in [0.25, 0.3) is 0 Å². The van der Waals surface area contributed by atoms with Crippen LogP contribution in [0.3, 0.4) is 0 Å². The van der Waals surface area contributed by atoms with E-state index in [0.717, 1.165) is 5.92 Å². The van der Waals surface area contributed by atoms with Crippen molar-refractivity contribution in [2.24, 2.45) is 11.7 Å². The predicted octanol–water partition coefficient (Wildman–Crippen LogP) is 2.72. The Morgan fingerprint density at radius 2 is 2.09 bits per heavy atom. The Hall–Kier alpha value is -0.300. The molecule has 0 aromatic rings. The van der Waals surface area contributed by atoms with Gasteiger partial charge in [0.2, 0.25) is 0 Å². The zero-order valence-corrected chi connectivity index (χ0v) is 7.84. The summed E-state index contributed by atoms with van der Waals surface area (Å²) in [6.45, 7) is 5.16. The van der Waals surface area contributed by atoms with Gasteiger partial charge < -0.3 is 5.73 Å². The van der Waals surface area contributed by atoms with E-state index in [-0.39, 0.29) is 0 Å². The Morgan fingerprint density at radius 3 is 2.55 bits per heavy atom. The van der Waals surface area contributed by atoms with Gasteiger partial charge >= 0.3 is 0 Å². The Morgan fingerprint density at radius 1 is 1.36 bits per heavy atom. The van der Waals surface area contributed by atoms with Crippen LogP contribution in [0.15, 0.2) is 12.2 Å². The van der Waals surface area contributed by atoms with Crippen molar-refractivity contribution in [3.63, 3.8) is 0 Å². The van der Waals surface area contributed by atoms with Crippen LogP contribution < -0.4 is 5.73 Å². The Balaban J connectivity index is 3.48. The summed E-state index contributed by atoms with van der Waals surface area (Å²) < 4.78 is 0. The van der Waals surface area contributed by atoms with E-state index in [1.165, 1.54) is 25.7 Å². The first-order valence-electron chi connectivity index (χ1n) is 4.71. The maximum absolute atomic E-state index is 5.37. The van der Waals surface area contributed by atoms with Crippen molar-refractivity contribution in [3.05, 3.63) is 12.2 Å². The fraction of sp³-hybridized carbons (Fsp3) is 0.800. The Kier molecular flexibility index (Phi) is 7.59. The van der Waals surface area contributed by atoms with Gasteiger partial charge in [0.05, 0.1) is 0 Å². The van der Waals surface area contributed by atoms with E-state index < -0.39 is 0 Å². The van der Waals surface area contributed by atoms with Gasteiger partial charge in [-0.05, 0) is 18.8 Å². The third-order valence-corrected chi connectivity index (χ3v) is 2.00. The molecule has 0 saturated carbocycles. The summed E-state index contributed by atoms with van der Waals surface area (Å²) in [6.07, 6.45) is 9.54. The molecule has 0 aromatic carbocycles. The summed E-state index contributed by atoms with van der Waals surface area (Å²) in [5.41, 5.74) is 5.37. The molecule has 1 nitrogen and oxygen atoms in total. The normalized spacial score (nSPS) is 14.1. The molecule has 0 saturated heterocycles. The molecule has 0 spiro atoms. The summed E-state index contributed by atoms with van der Waals surface area (Å²) in [7, 11) is 0. The smallest absolute Gasteiger partial charge is 0.0106 e. The highest BCUT2D eigenvalue weighted by Crippen LogP contribution is 2.13. The van der Waals surface area contributed by atoms with Gasteiger partial charge in [-0.25, -0.2) is 0 Å². The highest BCUT2D eigenvalue weighted by molar-refractivity contribution is 4.88. The van der Waals surface area contributed by atoms with Gasteiger partial charge in [0, 0.05) is 6.54 Å². The standard InChI is InChI=1S/C10H21N/c1-3-5-7-10(4-2)8-6-9-11/h6,8,10H,3-5,7,9,11H2,1-2H3. The SMILES string of the molecule is CCCCC(C=CCN)CC. The minimum atomic E-state index is 0.683. The number of allylic oxidation sites excluding steroid dienone is 1. The van der Waals surface area contributed by atoms with Crippen LogP contribution in [0.1, 0.15) is 39.5 Å². The monoisotopic (exact) mass is 155 g/mol. The molecule has 1 heteroatoms. The first kappa shape index (κ1) is 10.7. The highest BCUT2D eigenvalue weighted by Gasteiger charge is 1.98. The Labute approximate surface area is 70.7 Å². The average Bonchev–Trinajstić information content (AvgIpc) is 2.05. The van der Waals surface area contributed by atoms with E-state index in [2.05, 4.69) is 26.0 Å². The van der Waals surface area contributed by atoms with Gasteiger partial charge in [-0.1, -0.05) is 38.8 Å². The summed E-state index contributed by atoms with van der Waals surface area (Å²) in [4.78, 5) is 0. The lowest BCUT2D eigenvalue weighted by Gasteiger charge is -2.07. The molecule has 11 heavy (non-hydrogen) atoms. The maximum atomic E-state index is 5.37. The maximum Gasteiger partial charge on any atom is 0.0106 e. The van der Waals surface area contributed by atoms with E-state index in [9.17, 15) is 0 Å². The topological polar surface area (TPSA) is 26.0 Å². The molecule has 1 atom stereocenters. The number of unbranched alkanes of at least 4 members (excludes halogenated alkanes) is 1. The molecule has 2 N–H and O–H groups in total. The lowest BCUT2D eigenvalue weighted by atomic mass is 9.99. The molecular formula is C10H21N. The van der Waals surface area contributed by atoms with E-state index in [1.54, 1.807) is 0 Å². The second kappa shape index (κ2) is 7.80. The quantitative estimate of drug-likeness (QED) is 0.586. The zero-order valence-electron chi connectivity index (χ0n) is 7.84. The van der Waals surface area contributed by atoms with Gasteiger partial charge in [0.15, 0.2) is 0 Å². The van der Waals surface area contributed by atoms with Gasteiger partial charge in [-0.15, -0.1) is 0 Å². The van der Waals surface area contributed by atoms with Crippen molar-refractivity contribution in [2.45, 2.75) is 39.5 Å². The first-order chi connectivity index (χ1) is 5.35. The summed E-state index contributed by atoms with van der Waals surface area (Å²) in [5.74, 6) is 0.762. The van der Waals surface area contributed by atoms with E-state index in [0.29, 0.717) is 6.54 Å². The third-order valence-electron chi connectivity index (χ3n) is 2.00. The molecule has 0 bridgehead atoms. The summed E-state index contributed by atoms with van der Waals surface area (Å²) in [6, 6.07) is 0. The molecule has 66 valence electrons. The van der Waals surface area contributed by atoms with Crippen LogP contribution in [0, 0.1) is 5.92 Å². The molecule has 0 radical (unpaired) electrons. The van der Waals surface area contributed by atoms with Crippen LogP contribution in [0.5, 0.6) is 0 Å². The number of rotatable bonds is 6. The van der Waals surface area contributed by atoms with Crippen molar-refractivity contribution in [3.8, 4) is 0 Å². The predicted molar refractivity (Wildman–Crippen MR) is 51.5 cm³/mol. The lowest BCUT2D eigenvalue weighted by molar-refractivity contribution is 0.539. The van der Waals surface area contributed by atoms with Crippen LogP contribution in [0.25, 0.3) is 0 Å². The second-order valence-electron chi connectivity index (χ2n) is 2.97. The zero-order chi connectivity index (χ0) is 8.53. The van der Waals surface area contributed by atoms with E-state index in [1.807, 2.05) is 0 Å². The minimum absolute atomic E-state index is 0.683. The van der Waals surface area contributed by atoms with Crippen molar-refractivity contribution in [2.75, 3.05) is 6.54 Å². The average molecular weight is 155 g/mol. The lowest BCUT2D eigenvalue weighted by Crippen LogP contribution is -1.97. The van der Waals surface area contributed by atoms with E-state index in [4.69, 9.17) is 5.73 Å². The van der Waals surface area contributed by atoms with Crippen LogP contribution >= 0.6 is 0 Å². The van der Waals surface area contributed by atoms with Gasteiger partial charge in [-0.3, -0.25) is 0 Å². The summed E-state index contributed by atoms with van der Waals surface area (Å²) in [5, 5.41) is 0. The van der Waals surface area contributed by atoms with Gasteiger partial charge in [0.1, 0.15) is 0 Å². The summed E-state index contributed by atoms with van der Waals surface area (Å²) >= 11 is 0. The number of hydrogen-bond acceptors (Lipinski definition) is 1. The minimum Gasteiger partial charge on any atom is -0.327 e. The second-order valence-corrected chi connectivity index (χ2v) is 2.97. The molecule has 0 amide bonds. The third kappa shape index (κ3) is 6.11. The molecule has 0 aromatic heterocycles. The number of hydrogen-bond donors (Lipinski definition) is 1. The largest absolute Gasteiger partial charge is 0.327 e. The van der Waals surface area contributed by atoms with Crippen molar-refractivity contribution in [1.82, 2.24) is 0 Å². The molecule has 0 rings (SSSR count). The van der Waals surface area contributed by atoms with Crippen LogP contribution in [-0.2, 0) is 0 Å². The van der Waals surface area contributed by atoms with Crippen LogP contribution in [0.2, 0.25) is 0 Å². The molecular weight excluding hydrogens is 134 g/mol. The number of nitrogens with two attached hydrogens (primary N) is 1.